The Morgan fingerprint density at radius 3 is 2.60 bits per heavy atom. The molecule has 0 aliphatic heterocycles. The molecule has 2 rings (SSSR count). The van der Waals surface area contributed by atoms with Crippen LogP contribution >= 0.6 is 15.9 Å². The van der Waals surface area contributed by atoms with Crippen LogP contribution in [0, 0.1) is 17.3 Å². The largest absolute Gasteiger partial charge is 0.461 e. The van der Waals surface area contributed by atoms with Gasteiger partial charge in [-0.15, -0.1) is 0 Å². The van der Waals surface area contributed by atoms with Crippen molar-refractivity contribution in [3.8, 4) is 0 Å². The third-order valence-electron chi connectivity index (χ3n) is 4.01. The van der Waals surface area contributed by atoms with E-state index in [4.69, 9.17) is 4.74 Å². The van der Waals surface area contributed by atoms with Crippen molar-refractivity contribution >= 4 is 21.9 Å². The van der Waals surface area contributed by atoms with Gasteiger partial charge in [-0.05, 0) is 31.2 Å². The average molecular weight is 337 g/mol. The fraction of sp³-hybridized carbons (Fsp3) is 0.471. The van der Waals surface area contributed by atoms with E-state index in [9.17, 15) is 4.79 Å². The highest BCUT2D eigenvalue weighted by atomic mass is 79.9. The molecule has 108 valence electrons. The normalized spacial score (nSPS) is 23.1. The Bertz CT molecular complexity index is 542. The van der Waals surface area contributed by atoms with E-state index < -0.39 is 0 Å². The lowest BCUT2D eigenvalue weighted by Gasteiger charge is -2.07. The first-order valence-electron chi connectivity index (χ1n) is 6.89. The van der Waals surface area contributed by atoms with Gasteiger partial charge in [-0.25, -0.2) is 0 Å². The van der Waals surface area contributed by atoms with E-state index >= 15 is 0 Å². The van der Waals surface area contributed by atoms with E-state index in [1.54, 1.807) is 0 Å². The van der Waals surface area contributed by atoms with Crippen molar-refractivity contribution in [2.24, 2.45) is 17.3 Å². The van der Waals surface area contributed by atoms with Crippen LogP contribution in [0.15, 0.2) is 40.4 Å². The molecule has 0 N–H and O–H groups in total. The summed E-state index contributed by atoms with van der Waals surface area (Å²) in [5.41, 5.74) is 2.27. The lowest BCUT2D eigenvalue weighted by atomic mass is 10.1. The molecule has 1 aliphatic carbocycles. The molecular weight excluding hydrogens is 316 g/mol. The van der Waals surface area contributed by atoms with Gasteiger partial charge in [0.15, 0.2) is 0 Å². The highest BCUT2D eigenvalue weighted by molar-refractivity contribution is 9.10. The maximum atomic E-state index is 12.2. The van der Waals surface area contributed by atoms with Gasteiger partial charge in [-0.1, -0.05) is 59.6 Å². The number of halogens is 1. The quantitative estimate of drug-likeness (QED) is 0.586. The van der Waals surface area contributed by atoms with Crippen molar-refractivity contribution in [3.63, 3.8) is 0 Å². The molecule has 1 aliphatic rings. The molecule has 2 atom stereocenters. The Morgan fingerprint density at radius 2 is 2.00 bits per heavy atom. The van der Waals surface area contributed by atoms with Crippen molar-refractivity contribution in [1.82, 2.24) is 0 Å². The summed E-state index contributed by atoms with van der Waals surface area (Å²) in [5.74, 6) is 0.201. The monoisotopic (exact) mass is 336 g/mol. The number of hydrogen-bond acceptors (Lipinski definition) is 2. The van der Waals surface area contributed by atoms with Crippen molar-refractivity contribution < 1.29 is 9.53 Å². The zero-order valence-corrected chi connectivity index (χ0v) is 14.0. The van der Waals surface area contributed by atoms with Gasteiger partial charge in [0.05, 0.1) is 5.92 Å². The van der Waals surface area contributed by atoms with E-state index in [1.165, 1.54) is 5.57 Å². The van der Waals surface area contributed by atoms with Crippen LogP contribution in [0.5, 0.6) is 0 Å². The first kappa shape index (κ1) is 15.3. The maximum absolute atomic E-state index is 12.2. The summed E-state index contributed by atoms with van der Waals surface area (Å²) in [4.78, 5) is 12.2. The Labute approximate surface area is 129 Å². The molecule has 0 saturated heterocycles. The molecule has 0 radical (unpaired) electrons. The van der Waals surface area contributed by atoms with Gasteiger partial charge >= 0.3 is 5.97 Å². The summed E-state index contributed by atoms with van der Waals surface area (Å²) in [6, 6.07) is 7.81. The van der Waals surface area contributed by atoms with Gasteiger partial charge in [0.25, 0.3) is 0 Å². The van der Waals surface area contributed by atoms with E-state index in [0.29, 0.717) is 12.5 Å². The molecule has 3 heteroatoms. The highest BCUT2D eigenvalue weighted by Crippen LogP contribution is 2.59. The molecule has 0 amide bonds. The molecular formula is C17H21BrO2. The summed E-state index contributed by atoms with van der Waals surface area (Å²) >= 11 is 3.47. The Hall–Kier alpha value is -1.09. The smallest absolute Gasteiger partial charge is 0.310 e. The Kier molecular flexibility index (Phi) is 4.38. The number of carbonyl (C=O) groups is 1. The lowest BCUT2D eigenvalue weighted by Crippen LogP contribution is -2.10. The van der Waals surface area contributed by atoms with Crippen molar-refractivity contribution in [1.29, 1.82) is 0 Å². The second-order valence-electron chi connectivity index (χ2n) is 6.27. The van der Waals surface area contributed by atoms with Crippen LogP contribution in [0.4, 0.5) is 0 Å². The zero-order valence-electron chi connectivity index (χ0n) is 12.4. The number of hydrogen-bond donors (Lipinski definition) is 0. The summed E-state index contributed by atoms with van der Waals surface area (Å²) < 4.78 is 6.46. The number of carbonyl (C=O) groups excluding carboxylic acids is 1. The van der Waals surface area contributed by atoms with Gasteiger partial charge in [-0.3, -0.25) is 4.79 Å². The minimum Gasteiger partial charge on any atom is -0.461 e. The van der Waals surface area contributed by atoms with Crippen LogP contribution in [-0.4, -0.2) is 5.97 Å². The third-order valence-corrected chi connectivity index (χ3v) is 4.78. The maximum Gasteiger partial charge on any atom is 0.310 e. The predicted molar refractivity (Wildman–Crippen MR) is 84.1 cm³/mol. The van der Waals surface area contributed by atoms with Crippen LogP contribution in [0.25, 0.3) is 0 Å². The molecule has 2 nitrogen and oxygen atoms in total. The topological polar surface area (TPSA) is 26.3 Å². The van der Waals surface area contributed by atoms with Gasteiger partial charge in [0.2, 0.25) is 0 Å². The van der Waals surface area contributed by atoms with E-state index in [0.717, 1.165) is 10.0 Å². The number of ether oxygens (including phenoxy) is 1. The van der Waals surface area contributed by atoms with Crippen LogP contribution in [0.3, 0.4) is 0 Å². The average Bonchev–Trinajstić information content (AvgIpc) is 2.88. The number of esters is 1. The molecule has 0 aromatic heterocycles. The molecule has 0 heterocycles. The first-order valence-corrected chi connectivity index (χ1v) is 7.68. The lowest BCUT2D eigenvalue weighted by molar-refractivity contribution is -0.147. The highest BCUT2D eigenvalue weighted by Gasteiger charge is 2.61. The van der Waals surface area contributed by atoms with E-state index in [-0.39, 0.29) is 17.3 Å². The molecule has 20 heavy (non-hydrogen) atoms. The fourth-order valence-corrected chi connectivity index (χ4v) is 3.05. The van der Waals surface area contributed by atoms with E-state index in [2.05, 4.69) is 49.7 Å². The van der Waals surface area contributed by atoms with Crippen molar-refractivity contribution in [2.75, 3.05) is 0 Å². The molecule has 0 unspecified atom stereocenters. The predicted octanol–water partition coefficient (Wildman–Crippen LogP) is 4.73. The number of benzene rings is 1. The second kappa shape index (κ2) is 5.72. The van der Waals surface area contributed by atoms with E-state index in [1.807, 2.05) is 24.3 Å². The summed E-state index contributed by atoms with van der Waals surface area (Å²) in [6.45, 7) is 8.72. The molecule has 0 bridgehead atoms. The Balaban J connectivity index is 1.97. The number of rotatable bonds is 4. The van der Waals surface area contributed by atoms with Gasteiger partial charge < -0.3 is 4.74 Å². The van der Waals surface area contributed by atoms with Crippen LogP contribution in [0.1, 0.15) is 33.3 Å². The summed E-state index contributed by atoms with van der Waals surface area (Å²) in [5, 5.41) is 0. The van der Waals surface area contributed by atoms with Gasteiger partial charge in [0.1, 0.15) is 6.61 Å². The minimum absolute atomic E-state index is 0.0140. The van der Waals surface area contributed by atoms with Crippen molar-refractivity contribution in [2.45, 2.75) is 34.3 Å². The van der Waals surface area contributed by atoms with Crippen molar-refractivity contribution in [3.05, 3.63) is 46.0 Å². The summed E-state index contributed by atoms with van der Waals surface area (Å²) in [6.07, 6.45) is 2.18. The minimum atomic E-state index is -0.0896. The summed E-state index contributed by atoms with van der Waals surface area (Å²) in [7, 11) is 0. The van der Waals surface area contributed by atoms with Crippen LogP contribution in [-0.2, 0) is 16.1 Å². The SMILES string of the molecule is CC(C)=C[C@@H]1[C@@H](C(=O)OCc2ccccc2Br)C1(C)C. The first-order chi connectivity index (χ1) is 9.34. The molecule has 1 aromatic carbocycles. The molecule has 1 fully saturated rings. The van der Waals surface area contributed by atoms with Gasteiger partial charge in [-0.2, -0.15) is 0 Å². The Morgan fingerprint density at radius 1 is 1.35 bits per heavy atom. The third kappa shape index (κ3) is 3.14. The second-order valence-corrected chi connectivity index (χ2v) is 7.12. The standard InChI is InChI=1S/C17H21BrO2/c1-11(2)9-13-15(17(13,3)4)16(19)20-10-12-7-5-6-8-14(12)18/h5-9,13,15H,10H2,1-4H3/t13-,15+/m1/s1. The van der Waals surface area contributed by atoms with Gasteiger partial charge in [0, 0.05) is 10.0 Å². The van der Waals surface area contributed by atoms with Crippen LogP contribution in [0.2, 0.25) is 0 Å². The molecule has 1 aromatic rings. The molecule has 1 saturated carbocycles. The zero-order chi connectivity index (χ0) is 14.9. The number of allylic oxidation sites excluding steroid dienone is 2. The fourth-order valence-electron chi connectivity index (χ4n) is 2.65. The van der Waals surface area contributed by atoms with Crippen LogP contribution < -0.4 is 0 Å². The molecule has 0 spiro atoms.